The third-order valence-electron chi connectivity index (χ3n) is 3.06. The lowest BCUT2D eigenvalue weighted by molar-refractivity contribution is 1.05. The maximum atomic E-state index is 6.08. The quantitative estimate of drug-likeness (QED) is 0.605. The van der Waals surface area contributed by atoms with Gasteiger partial charge in [0.15, 0.2) is 4.77 Å². The summed E-state index contributed by atoms with van der Waals surface area (Å²) in [6, 6.07) is 11.4. The van der Waals surface area contributed by atoms with Crippen LogP contribution < -0.4 is 0 Å². The molecule has 0 saturated carbocycles. The van der Waals surface area contributed by atoms with Gasteiger partial charge in [-0.25, -0.2) is 0 Å². The van der Waals surface area contributed by atoms with Crippen molar-refractivity contribution >= 4 is 46.5 Å². The Morgan fingerprint density at radius 2 is 1.74 bits per heavy atom. The van der Waals surface area contributed by atoms with Gasteiger partial charge in [0, 0.05) is 10.0 Å². The molecular weight excluding hydrogens is 299 g/mol. The third kappa shape index (κ3) is 2.18. The van der Waals surface area contributed by atoms with Gasteiger partial charge in [-0.05, 0) is 55.0 Å². The number of aryl methyl sites for hydroxylation is 1. The van der Waals surface area contributed by atoms with Crippen molar-refractivity contribution in [1.29, 1.82) is 0 Å². The minimum atomic E-state index is 0.627. The van der Waals surface area contributed by atoms with Gasteiger partial charge >= 0.3 is 0 Å². The van der Waals surface area contributed by atoms with Crippen LogP contribution in [0.4, 0.5) is 0 Å². The molecule has 0 fully saturated rings. The van der Waals surface area contributed by atoms with Gasteiger partial charge in [0.25, 0.3) is 0 Å². The Hall–Kier alpha value is -1.29. The molecule has 0 radical (unpaired) electrons. The molecule has 0 atom stereocenters. The van der Waals surface area contributed by atoms with E-state index >= 15 is 0 Å². The molecule has 2 nitrogen and oxygen atoms in total. The second-order valence-corrected chi connectivity index (χ2v) is 5.62. The number of imidazole rings is 1. The lowest BCUT2D eigenvalue weighted by Crippen LogP contribution is -1.97. The van der Waals surface area contributed by atoms with Crippen molar-refractivity contribution in [3.63, 3.8) is 0 Å². The Kier molecular flexibility index (Phi) is 3.13. The summed E-state index contributed by atoms with van der Waals surface area (Å²) in [5, 5.41) is 1.36. The average molecular weight is 309 g/mol. The number of halogens is 2. The van der Waals surface area contributed by atoms with E-state index in [1.807, 2.05) is 47.9 Å². The number of nitrogens with one attached hydrogen (secondary N) is 1. The zero-order valence-corrected chi connectivity index (χ0v) is 12.4. The van der Waals surface area contributed by atoms with Gasteiger partial charge in [-0.1, -0.05) is 29.3 Å². The van der Waals surface area contributed by atoms with Crippen molar-refractivity contribution < 1.29 is 0 Å². The summed E-state index contributed by atoms with van der Waals surface area (Å²) in [5.41, 5.74) is 3.96. The zero-order valence-electron chi connectivity index (χ0n) is 10.1. The number of hydrogen-bond acceptors (Lipinski definition) is 1. The van der Waals surface area contributed by atoms with Crippen LogP contribution in [0.25, 0.3) is 16.7 Å². The smallest absolute Gasteiger partial charge is 0.182 e. The number of rotatable bonds is 1. The van der Waals surface area contributed by atoms with Crippen LogP contribution >= 0.6 is 35.4 Å². The van der Waals surface area contributed by atoms with Crippen molar-refractivity contribution in [2.75, 3.05) is 0 Å². The Bertz CT molecular complexity index is 833. The van der Waals surface area contributed by atoms with Gasteiger partial charge in [-0.15, -0.1) is 0 Å². The first-order chi connectivity index (χ1) is 9.06. The monoisotopic (exact) mass is 308 g/mol. The van der Waals surface area contributed by atoms with Crippen LogP contribution in [0.5, 0.6) is 0 Å². The minimum absolute atomic E-state index is 0.627. The molecule has 3 aromatic rings. The summed E-state index contributed by atoms with van der Waals surface area (Å²) in [7, 11) is 0. The fourth-order valence-electron chi connectivity index (χ4n) is 2.14. The second kappa shape index (κ2) is 4.67. The molecule has 5 heteroatoms. The maximum Gasteiger partial charge on any atom is 0.182 e. The lowest BCUT2D eigenvalue weighted by Gasteiger charge is -2.09. The van der Waals surface area contributed by atoms with E-state index in [9.17, 15) is 0 Å². The summed E-state index contributed by atoms with van der Waals surface area (Å²) < 4.78 is 2.58. The van der Waals surface area contributed by atoms with Crippen LogP contribution in [-0.4, -0.2) is 9.55 Å². The molecule has 2 aromatic carbocycles. The molecular formula is C14H10Cl2N2S. The zero-order chi connectivity index (χ0) is 13.6. The van der Waals surface area contributed by atoms with Crippen LogP contribution in [0.1, 0.15) is 5.56 Å². The molecule has 1 heterocycles. The second-order valence-electron chi connectivity index (χ2n) is 4.36. The first-order valence-corrected chi connectivity index (χ1v) is 6.89. The Labute approximate surface area is 125 Å². The van der Waals surface area contributed by atoms with Crippen LogP contribution in [0.15, 0.2) is 36.4 Å². The summed E-state index contributed by atoms with van der Waals surface area (Å²) in [4.78, 5) is 3.18. The first-order valence-electron chi connectivity index (χ1n) is 5.73. The highest BCUT2D eigenvalue weighted by Gasteiger charge is 2.09. The number of aromatic nitrogens is 2. The Balaban J connectivity index is 2.42. The SMILES string of the molecule is Cc1ccc(Cl)cc1-n1c(=S)[nH]c2ccc(Cl)cc21. The molecule has 3 rings (SSSR count). The van der Waals surface area contributed by atoms with Crippen LogP contribution in [0, 0.1) is 11.7 Å². The number of benzene rings is 2. The molecule has 0 bridgehead atoms. The van der Waals surface area contributed by atoms with E-state index in [0.717, 1.165) is 22.3 Å². The average Bonchev–Trinajstić information content (AvgIpc) is 2.68. The highest BCUT2D eigenvalue weighted by atomic mass is 35.5. The predicted molar refractivity (Wildman–Crippen MR) is 83.2 cm³/mol. The topological polar surface area (TPSA) is 20.7 Å². The predicted octanol–water partition coefficient (Wildman–Crippen LogP) is 5.30. The third-order valence-corrected chi connectivity index (χ3v) is 3.81. The van der Waals surface area contributed by atoms with E-state index in [-0.39, 0.29) is 0 Å². The van der Waals surface area contributed by atoms with Crippen LogP contribution in [-0.2, 0) is 0 Å². The van der Waals surface area contributed by atoms with E-state index in [1.54, 1.807) is 0 Å². The van der Waals surface area contributed by atoms with E-state index in [1.165, 1.54) is 0 Å². The standard InChI is InChI=1S/C14H10Cl2N2S/c1-8-2-3-9(15)6-12(8)18-13-7-10(16)4-5-11(13)17-14(18)19/h2-7H,1H3,(H,17,19). The highest BCUT2D eigenvalue weighted by molar-refractivity contribution is 7.71. The highest BCUT2D eigenvalue weighted by Crippen LogP contribution is 2.26. The van der Waals surface area contributed by atoms with Crippen LogP contribution in [0.2, 0.25) is 10.0 Å². The van der Waals surface area contributed by atoms with E-state index in [0.29, 0.717) is 14.8 Å². The van der Waals surface area contributed by atoms with Gasteiger partial charge < -0.3 is 4.98 Å². The first kappa shape index (κ1) is 12.7. The Morgan fingerprint density at radius 3 is 2.53 bits per heavy atom. The van der Waals surface area contributed by atoms with Gasteiger partial charge in [-0.2, -0.15) is 0 Å². The molecule has 0 aliphatic carbocycles. The lowest BCUT2D eigenvalue weighted by atomic mass is 10.2. The van der Waals surface area contributed by atoms with Crippen molar-refractivity contribution in [2.24, 2.45) is 0 Å². The molecule has 96 valence electrons. The molecule has 0 unspecified atom stereocenters. The number of fused-ring (bicyclic) bond motifs is 1. The summed E-state index contributed by atoms with van der Waals surface area (Å²) in [6.45, 7) is 2.02. The fourth-order valence-corrected chi connectivity index (χ4v) is 2.78. The number of nitrogens with zero attached hydrogens (tertiary/aromatic N) is 1. The number of H-pyrrole nitrogens is 1. The fraction of sp³-hybridized carbons (Fsp3) is 0.0714. The van der Waals surface area contributed by atoms with E-state index in [4.69, 9.17) is 35.4 Å². The molecule has 1 aromatic heterocycles. The molecule has 0 saturated heterocycles. The molecule has 0 aliphatic rings. The maximum absolute atomic E-state index is 6.08. The molecule has 0 aliphatic heterocycles. The summed E-state index contributed by atoms with van der Waals surface area (Å²) in [5.74, 6) is 0. The van der Waals surface area contributed by atoms with Crippen LogP contribution in [0.3, 0.4) is 0 Å². The van der Waals surface area contributed by atoms with Crippen molar-refractivity contribution in [1.82, 2.24) is 9.55 Å². The van der Waals surface area contributed by atoms with Crippen molar-refractivity contribution in [2.45, 2.75) is 6.92 Å². The van der Waals surface area contributed by atoms with Gasteiger partial charge in [0.1, 0.15) is 0 Å². The summed E-state index contributed by atoms with van der Waals surface area (Å²) >= 11 is 17.6. The van der Waals surface area contributed by atoms with Crippen molar-refractivity contribution in [3.8, 4) is 5.69 Å². The van der Waals surface area contributed by atoms with E-state index in [2.05, 4.69) is 4.98 Å². The molecule has 0 amide bonds. The largest absolute Gasteiger partial charge is 0.330 e. The van der Waals surface area contributed by atoms with Gasteiger partial charge in [0.05, 0.1) is 16.7 Å². The molecule has 0 spiro atoms. The van der Waals surface area contributed by atoms with Gasteiger partial charge in [-0.3, -0.25) is 4.57 Å². The summed E-state index contributed by atoms with van der Waals surface area (Å²) in [6.07, 6.45) is 0. The Morgan fingerprint density at radius 1 is 1.05 bits per heavy atom. The van der Waals surface area contributed by atoms with Crippen molar-refractivity contribution in [3.05, 3.63) is 56.8 Å². The molecule has 19 heavy (non-hydrogen) atoms. The number of aromatic amines is 1. The number of hydrogen-bond donors (Lipinski definition) is 1. The molecule has 1 N–H and O–H groups in total. The minimum Gasteiger partial charge on any atom is -0.330 e. The van der Waals surface area contributed by atoms with E-state index < -0.39 is 0 Å². The normalized spacial score (nSPS) is 11.1. The van der Waals surface area contributed by atoms with Gasteiger partial charge in [0.2, 0.25) is 0 Å².